The smallest absolute Gasteiger partial charge is 0.240 e. The van der Waals surface area contributed by atoms with Gasteiger partial charge in [-0.25, -0.2) is 0 Å². The monoisotopic (exact) mass is 287 g/mol. The largest absolute Gasteiger partial charge is 0.369 e. The molecule has 0 aromatic heterocycles. The van der Waals surface area contributed by atoms with E-state index < -0.39 is 5.41 Å². The van der Waals surface area contributed by atoms with Crippen LogP contribution in [0.2, 0.25) is 0 Å². The van der Waals surface area contributed by atoms with E-state index in [4.69, 9.17) is 5.73 Å². The molecule has 0 saturated carbocycles. The lowest BCUT2D eigenvalue weighted by Crippen LogP contribution is -2.49. The molecule has 1 aromatic rings. The van der Waals surface area contributed by atoms with Crippen molar-refractivity contribution in [1.29, 1.82) is 0 Å². The fourth-order valence-electron chi connectivity index (χ4n) is 3.20. The Bertz CT molecular complexity index is 587. The number of amides is 2. The molecule has 1 saturated heterocycles. The van der Waals surface area contributed by atoms with Gasteiger partial charge in [-0.05, 0) is 30.9 Å². The fourth-order valence-corrected chi connectivity index (χ4v) is 3.20. The number of benzene rings is 1. The summed E-state index contributed by atoms with van der Waals surface area (Å²) in [5.74, 6) is -0.241. The Labute approximate surface area is 124 Å². The maximum absolute atomic E-state index is 12.6. The molecular weight excluding hydrogens is 266 g/mol. The number of primary amides is 1. The van der Waals surface area contributed by atoms with Crippen LogP contribution in [0.5, 0.6) is 0 Å². The van der Waals surface area contributed by atoms with Gasteiger partial charge in [-0.2, -0.15) is 0 Å². The lowest BCUT2D eigenvalue weighted by molar-refractivity contribution is -0.133. The van der Waals surface area contributed by atoms with Crippen LogP contribution in [0.3, 0.4) is 0 Å². The van der Waals surface area contributed by atoms with Crippen molar-refractivity contribution in [1.82, 2.24) is 10.2 Å². The molecule has 0 aliphatic carbocycles. The van der Waals surface area contributed by atoms with Gasteiger partial charge in [0.05, 0.1) is 11.5 Å². The minimum absolute atomic E-state index is 0.0782. The van der Waals surface area contributed by atoms with Gasteiger partial charge in [0.2, 0.25) is 11.8 Å². The second-order valence-corrected chi connectivity index (χ2v) is 6.34. The fraction of sp³-hybridized carbons (Fsp3) is 0.500. The third-order valence-electron chi connectivity index (χ3n) is 4.76. The van der Waals surface area contributed by atoms with Crippen LogP contribution in [0, 0.1) is 5.41 Å². The Morgan fingerprint density at radius 3 is 2.71 bits per heavy atom. The number of hydrogen-bond donors (Lipinski definition) is 2. The molecule has 21 heavy (non-hydrogen) atoms. The summed E-state index contributed by atoms with van der Waals surface area (Å²) in [6.45, 7) is 3.60. The number of rotatable bonds is 2. The topological polar surface area (TPSA) is 75.4 Å². The minimum Gasteiger partial charge on any atom is -0.369 e. The Morgan fingerprint density at radius 1 is 1.33 bits per heavy atom. The molecule has 1 aromatic carbocycles. The minimum atomic E-state index is -0.581. The van der Waals surface area contributed by atoms with Gasteiger partial charge in [0, 0.05) is 19.6 Å². The van der Waals surface area contributed by atoms with E-state index in [1.54, 1.807) is 4.90 Å². The molecule has 5 nitrogen and oxygen atoms in total. The molecule has 3 N–H and O–H groups in total. The number of nitrogens with zero attached hydrogens (tertiary/aromatic N) is 1. The number of likely N-dealkylation sites (tertiary alicyclic amines) is 1. The van der Waals surface area contributed by atoms with Crippen LogP contribution in [0.1, 0.15) is 24.5 Å². The highest BCUT2D eigenvalue weighted by Crippen LogP contribution is 2.30. The molecule has 5 heteroatoms. The quantitative estimate of drug-likeness (QED) is 0.828. The van der Waals surface area contributed by atoms with Gasteiger partial charge >= 0.3 is 0 Å². The van der Waals surface area contributed by atoms with Crippen molar-refractivity contribution in [3.8, 4) is 0 Å². The highest BCUT2D eigenvalue weighted by atomic mass is 16.2. The highest BCUT2D eigenvalue weighted by molar-refractivity contribution is 5.86. The first-order chi connectivity index (χ1) is 9.99. The molecule has 2 heterocycles. The highest BCUT2D eigenvalue weighted by Gasteiger charge is 2.42. The number of hydrogen-bond acceptors (Lipinski definition) is 3. The Morgan fingerprint density at radius 2 is 2.05 bits per heavy atom. The van der Waals surface area contributed by atoms with Gasteiger partial charge in [0.1, 0.15) is 0 Å². The SMILES string of the molecule is CC1(C(N)=O)CCN(C(=O)[C@H]2Cc3ccccc3CN2)C1. The predicted molar refractivity (Wildman–Crippen MR) is 79.3 cm³/mol. The zero-order valence-corrected chi connectivity index (χ0v) is 12.3. The van der Waals surface area contributed by atoms with E-state index in [9.17, 15) is 9.59 Å². The van der Waals surface area contributed by atoms with Crippen LogP contribution in [0.25, 0.3) is 0 Å². The zero-order valence-electron chi connectivity index (χ0n) is 12.3. The summed E-state index contributed by atoms with van der Waals surface area (Å²) in [6, 6.07) is 7.99. The normalized spacial score (nSPS) is 28.2. The summed E-state index contributed by atoms with van der Waals surface area (Å²) in [6.07, 6.45) is 1.36. The molecule has 3 rings (SSSR count). The molecule has 112 valence electrons. The van der Waals surface area contributed by atoms with E-state index >= 15 is 0 Å². The molecule has 2 aliphatic rings. The van der Waals surface area contributed by atoms with Crippen molar-refractivity contribution in [3.05, 3.63) is 35.4 Å². The van der Waals surface area contributed by atoms with Crippen molar-refractivity contribution in [2.24, 2.45) is 11.1 Å². The summed E-state index contributed by atoms with van der Waals surface area (Å²) in [4.78, 5) is 25.9. The number of carbonyl (C=O) groups excluding carboxylic acids is 2. The summed E-state index contributed by atoms with van der Waals surface area (Å²) in [7, 11) is 0. The van der Waals surface area contributed by atoms with Crippen LogP contribution < -0.4 is 11.1 Å². The molecule has 0 spiro atoms. The Hall–Kier alpha value is -1.88. The maximum atomic E-state index is 12.6. The van der Waals surface area contributed by atoms with E-state index in [0.717, 1.165) is 0 Å². The average Bonchev–Trinajstić information content (AvgIpc) is 2.90. The van der Waals surface area contributed by atoms with Gasteiger partial charge < -0.3 is 16.0 Å². The molecule has 2 amide bonds. The Balaban J connectivity index is 1.69. The van der Waals surface area contributed by atoms with Crippen molar-refractivity contribution in [2.45, 2.75) is 32.4 Å². The van der Waals surface area contributed by atoms with Crippen molar-refractivity contribution in [3.63, 3.8) is 0 Å². The zero-order chi connectivity index (χ0) is 15.0. The lowest BCUT2D eigenvalue weighted by atomic mass is 9.89. The second kappa shape index (κ2) is 5.15. The third kappa shape index (κ3) is 2.53. The van der Waals surface area contributed by atoms with Gasteiger partial charge in [-0.15, -0.1) is 0 Å². The molecule has 0 bridgehead atoms. The second-order valence-electron chi connectivity index (χ2n) is 6.34. The maximum Gasteiger partial charge on any atom is 0.240 e. The molecule has 1 unspecified atom stereocenters. The molecule has 2 atom stereocenters. The third-order valence-corrected chi connectivity index (χ3v) is 4.76. The first kappa shape index (κ1) is 14.1. The number of nitrogens with one attached hydrogen (secondary N) is 1. The molecule has 1 fully saturated rings. The van der Waals surface area contributed by atoms with Gasteiger partial charge in [-0.1, -0.05) is 24.3 Å². The number of fused-ring (bicyclic) bond motifs is 1. The summed E-state index contributed by atoms with van der Waals surface area (Å²) in [5.41, 5.74) is 7.35. The first-order valence-corrected chi connectivity index (χ1v) is 7.38. The standard InChI is InChI=1S/C16H21N3O2/c1-16(15(17)21)6-7-19(10-16)14(20)13-8-11-4-2-3-5-12(11)9-18-13/h2-5,13,18H,6-10H2,1H3,(H2,17,21)/t13-,16?/m1/s1. The summed E-state index contributed by atoms with van der Waals surface area (Å²) < 4.78 is 0. The first-order valence-electron chi connectivity index (χ1n) is 7.38. The van der Waals surface area contributed by atoms with Crippen LogP contribution in [0.4, 0.5) is 0 Å². The van der Waals surface area contributed by atoms with E-state index in [1.165, 1.54) is 11.1 Å². The van der Waals surface area contributed by atoms with E-state index in [-0.39, 0.29) is 17.9 Å². The average molecular weight is 287 g/mol. The molecular formula is C16H21N3O2. The van der Waals surface area contributed by atoms with E-state index in [0.29, 0.717) is 32.5 Å². The number of carbonyl (C=O) groups is 2. The van der Waals surface area contributed by atoms with Crippen molar-refractivity contribution < 1.29 is 9.59 Å². The van der Waals surface area contributed by atoms with Gasteiger partial charge in [0.15, 0.2) is 0 Å². The molecule has 2 aliphatic heterocycles. The summed E-state index contributed by atoms with van der Waals surface area (Å²) >= 11 is 0. The Kier molecular flexibility index (Phi) is 3.45. The number of nitrogens with two attached hydrogens (primary N) is 1. The van der Waals surface area contributed by atoms with E-state index in [1.807, 2.05) is 19.1 Å². The van der Waals surface area contributed by atoms with Gasteiger partial charge in [-0.3, -0.25) is 9.59 Å². The molecule has 0 radical (unpaired) electrons. The van der Waals surface area contributed by atoms with Crippen molar-refractivity contribution in [2.75, 3.05) is 13.1 Å². The van der Waals surface area contributed by atoms with Crippen molar-refractivity contribution >= 4 is 11.8 Å². The summed E-state index contributed by atoms with van der Waals surface area (Å²) in [5, 5.41) is 3.30. The van der Waals surface area contributed by atoms with E-state index in [2.05, 4.69) is 17.4 Å². The van der Waals surface area contributed by atoms with Crippen LogP contribution in [-0.4, -0.2) is 35.8 Å². The predicted octanol–water partition coefficient (Wildman–Crippen LogP) is 0.425. The van der Waals surface area contributed by atoms with Crippen LogP contribution >= 0.6 is 0 Å². The van der Waals surface area contributed by atoms with Crippen LogP contribution in [-0.2, 0) is 22.6 Å². The van der Waals surface area contributed by atoms with Gasteiger partial charge in [0.25, 0.3) is 0 Å². The lowest BCUT2D eigenvalue weighted by Gasteiger charge is -2.29. The van der Waals surface area contributed by atoms with Crippen LogP contribution in [0.15, 0.2) is 24.3 Å².